The monoisotopic (exact) mass is 413 g/mol. The molecule has 2 aliphatic rings. The number of hydrogen-bond donors (Lipinski definition) is 1. The van der Waals surface area contributed by atoms with Gasteiger partial charge in [-0.1, -0.05) is 13.8 Å². The van der Waals surface area contributed by atoms with E-state index in [-0.39, 0.29) is 35.0 Å². The van der Waals surface area contributed by atoms with E-state index in [1.54, 1.807) is 12.1 Å². The summed E-state index contributed by atoms with van der Waals surface area (Å²) in [6.45, 7) is 5.65. The topological polar surface area (TPSA) is 89.5 Å². The van der Waals surface area contributed by atoms with Crippen LogP contribution in [-0.4, -0.2) is 40.6 Å². The minimum atomic E-state index is -0.386. The number of rotatable bonds is 6. The molecule has 1 heterocycles. The smallest absolute Gasteiger partial charge is 0.283 e. The number of nitro benzene ring substituents is 1. The number of carbonyl (C=O) groups is 1. The quantitative estimate of drug-likeness (QED) is 0.433. The molecule has 150 valence electrons. The van der Waals surface area contributed by atoms with Gasteiger partial charge in [-0.05, 0) is 54.9 Å². The Balaban J connectivity index is 0.00000261. The molecule has 2 fully saturated rings. The van der Waals surface area contributed by atoms with Gasteiger partial charge in [0.25, 0.3) is 11.6 Å². The number of thioether (sulfide) groups is 1. The molecule has 3 unspecified atom stereocenters. The van der Waals surface area contributed by atoms with E-state index in [0.717, 1.165) is 31.6 Å². The first-order valence-electron chi connectivity index (χ1n) is 9.33. The first-order chi connectivity index (χ1) is 12.4. The first-order valence-corrected chi connectivity index (χ1v) is 10.3. The Morgan fingerprint density at radius 1 is 1.37 bits per heavy atom. The van der Waals surface area contributed by atoms with E-state index in [1.165, 1.54) is 17.8 Å². The van der Waals surface area contributed by atoms with Crippen molar-refractivity contribution in [3.05, 3.63) is 33.9 Å². The summed E-state index contributed by atoms with van der Waals surface area (Å²) in [5.74, 6) is 2.13. The van der Waals surface area contributed by atoms with Crippen molar-refractivity contribution in [3.63, 3.8) is 0 Å². The zero-order valence-electron chi connectivity index (χ0n) is 15.8. The van der Waals surface area contributed by atoms with Crippen LogP contribution in [0, 0.1) is 27.9 Å². The summed E-state index contributed by atoms with van der Waals surface area (Å²) in [7, 11) is 0. The molecule has 3 atom stereocenters. The van der Waals surface area contributed by atoms with Gasteiger partial charge in [-0.3, -0.25) is 14.9 Å². The fourth-order valence-electron chi connectivity index (χ4n) is 3.98. The van der Waals surface area contributed by atoms with Gasteiger partial charge in [0.15, 0.2) is 0 Å². The van der Waals surface area contributed by atoms with E-state index in [2.05, 4.69) is 13.8 Å². The van der Waals surface area contributed by atoms with Crippen molar-refractivity contribution in [2.45, 2.75) is 44.0 Å². The minimum Gasteiger partial charge on any atom is -0.338 e. The number of nitrogens with two attached hydrogens (primary N) is 1. The molecular formula is C19H28ClN3O3S. The second kappa shape index (κ2) is 9.26. The van der Waals surface area contributed by atoms with Gasteiger partial charge >= 0.3 is 0 Å². The van der Waals surface area contributed by atoms with Crippen molar-refractivity contribution in [3.8, 4) is 0 Å². The van der Waals surface area contributed by atoms with Gasteiger partial charge in [-0.2, -0.15) is 0 Å². The van der Waals surface area contributed by atoms with Crippen LogP contribution in [0.25, 0.3) is 0 Å². The Labute approximate surface area is 170 Å². The molecule has 1 aliphatic heterocycles. The van der Waals surface area contributed by atoms with Crippen LogP contribution in [0.3, 0.4) is 0 Å². The largest absolute Gasteiger partial charge is 0.338 e. The summed E-state index contributed by atoms with van der Waals surface area (Å²) in [5, 5.41) is 11.5. The number of halogens is 1. The van der Waals surface area contributed by atoms with Crippen LogP contribution in [0.15, 0.2) is 23.1 Å². The van der Waals surface area contributed by atoms with E-state index in [0.29, 0.717) is 34.8 Å². The standard InChI is InChI=1S/C19H27N3O3S.ClH/c1-12(2)7-8-26-18-6-4-13(9-17(18)22(24)25)19(23)21-10-14-3-5-16(20)15(14)11-21;/h4,6,9,12,14-16H,3,5,7-8,10-11,20H2,1-2H3;1H. The second-order valence-electron chi connectivity index (χ2n) is 7.85. The zero-order chi connectivity index (χ0) is 18.8. The predicted molar refractivity (Wildman–Crippen MR) is 111 cm³/mol. The van der Waals surface area contributed by atoms with E-state index < -0.39 is 0 Å². The molecule has 1 saturated carbocycles. The fraction of sp³-hybridized carbons (Fsp3) is 0.632. The Morgan fingerprint density at radius 3 is 2.74 bits per heavy atom. The Morgan fingerprint density at radius 2 is 2.11 bits per heavy atom. The molecular weight excluding hydrogens is 386 g/mol. The van der Waals surface area contributed by atoms with Gasteiger partial charge in [0.05, 0.1) is 9.82 Å². The van der Waals surface area contributed by atoms with Gasteiger partial charge in [0, 0.05) is 30.8 Å². The number of amides is 1. The molecule has 2 N–H and O–H groups in total. The minimum absolute atomic E-state index is 0. The van der Waals surface area contributed by atoms with Crippen molar-refractivity contribution >= 4 is 35.8 Å². The molecule has 0 radical (unpaired) electrons. The lowest BCUT2D eigenvalue weighted by molar-refractivity contribution is -0.387. The highest BCUT2D eigenvalue weighted by Crippen LogP contribution is 2.38. The molecule has 6 nitrogen and oxygen atoms in total. The maximum absolute atomic E-state index is 12.8. The van der Waals surface area contributed by atoms with E-state index in [4.69, 9.17) is 5.73 Å². The molecule has 0 spiro atoms. The summed E-state index contributed by atoms with van der Waals surface area (Å²) >= 11 is 1.49. The van der Waals surface area contributed by atoms with Gasteiger partial charge in [0.1, 0.15) is 0 Å². The predicted octanol–water partition coefficient (Wildman–Crippen LogP) is 3.96. The van der Waals surface area contributed by atoms with Crippen LogP contribution in [0.2, 0.25) is 0 Å². The number of carbonyl (C=O) groups excluding carboxylic acids is 1. The normalized spacial score (nSPS) is 24.0. The molecule has 1 aromatic rings. The summed E-state index contributed by atoms with van der Waals surface area (Å²) in [5.41, 5.74) is 6.57. The molecule has 27 heavy (non-hydrogen) atoms. The summed E-state index contributed by atoms with van der Waals surface area (Å²) in [4.78, 5) is 26.4. The number of hydrogen-bond acceptors (Lipinski definition) is 5. The maximum Gasteiger partial charge on any atom is 0.283 e. The lowest BCUT2D eigenvalue weighted by atomic mass is 9.98. The van der Waals surface area contributed by atoms with Crippen molar-refractivity contribution in [1.82, 2.24) is 4.90 Å². The SMILES string of the molecule is CC(C)CCSc1ccc(C(=O)N2CC3CCC(N)C3C2)cc1[N+](=O)[O-].Cl. The number of fused-ring (bicyclic) bond motifs is 1. The molecule has 8 heteroatoms. The Hall–Kier alpha value is -1.31. The van der Waals surface area contributed by atoms with Crippen molar-refractivity contribution in [1.29, 1.82) is 0 Å². The third-order valence-corrected chi connectivity index (χ3v) is 6.65. The lowest BCUT2D eigenvalue weighted by Gasteiger charge is -2.19. The van der Waals surface area contributed by atoms with Crippen LogP contribution in [0.5, 0.6) is 0 Å². The van der Waals surface area contributed by atoms with E-state index in [1.807, 2.05) is 4.90 Å². The first kappa shape index (κ1) is 22.0. The summed E-state index contributed by atoms with van der Waals surface area (Å²) in [6.07, 6.45) is 3.10. The fourth-order valence-corrected chi connectivity index (χ4v) is 5.23. The lowest BCUT2D eigenvalue weighted by Crippen LogP contribution is -2.33. The highest BCUT2D eigenvalue weighted by Gasteiger charge is 2.42. The number of nitrogens with zero attached hydrogens (tertiary/aromatic N) is 2. The van der Waals surface area contributed by atoms with Gasteiger partial charge < -0.3 is 10.6 Å². The van der Waals surface area contributed by atoms with Crippen molar-refractivity contribution in [2.24, 2.45) is 23.5 Å². The molecule has 0 bridgehead atoms. The Bertz CT molecular complexity index is 701. The van der Waals surface area contributed by atoms with Gasteiger partial charge in [0.2, 0.25) is 0 Å². The number of likely N-dealkylation sites (tertiary alicyclic amines) is 1. The molecule has 3 rings (SSSR count). The average molecular weight is 414 g/mol. The summed E-state index contributed by atoms with van der Waals surface area (Å²) in [6, 6.07) is 5.06. The van der Waals surface area contributed by atoms with Crippen molar-refractivity contribution in [2.75, 3.05) is 18.8 Å². The van der Waals surface area contributed by atoms with Crippen LogP contribution in [0.4, 0.5) is 5.69 Å². The molecule has 1 saturated heterocycles. The van der Waals surface area contributed by atoms with Crippen LogP contribution in [0.1, 0.15) is 43.5 Å². The van der Waals surface area contributed by atoms with Gasteiger partial charge in [-0.15, -0.1) is 24.2 Å². The highest BCUT2D eigenvalue weighted by molar-refractivity contribution is 7.99. The molecule has 1 aromatic carbocycles. The van der Waals surface area contributed by atoms with Crippen LogP contribution < -0.4 is 5.73 Å². The van der Waals surface area contributed by atoms with Crippen LogP contribution in [-0.2, 0) is 0 Å². The Kier molecular flexibility index (Phi) is 7.54. The van der Waals surface area contributed by atoms with E-state index in [9.17, 15) is 14.9 Å². The average Bonchev–Trinajstić information content (AvgIpc) is 3.16. The van der Waals surface area contributed by atoms with E-state index >= 15 is 0 Å². The van der Waals surface area contributed by atoms with Crippen molar-refractivity contribution < 1.29 is 9.72 Å². The number of benzene rings is 1. The van der Waals surface area contributed by atoms with Crippen LogP contribution >= 0.6 is 24.2 Å². The molecule has 0 aromatic heterocycles. The maximum atomic E-state index is 12.8. The number of nitro groups is 1. The second-order valence-corrected chi connectivity index (χ2v) is 8.98. The molecule has 1 amide bonds. The zero-order valence-corrected chi connectivity index (χ0v) is 17.4. The van der Waals surface area contributed by atoms with Gasteiger partial charge in [-0.25, -0.2) is 0 Å². The highest BCUT2D eigenvalue weighted by atomic mass is 35.5. The molecule has 1 aliphatic carbocycles. The third kappa shape index (κ3) is 4.95. The third-order valence-electron chi connectivity index (χ3n) is 5.55. The summed E-state index contributed by atoms with van der Waals surface area (Å²) < 4.78 is 0.